The van der Waals surface area contributed by atoms with Crippen molar-refractivity contribution in [1.29, 1.82) is 0 Å². The van der Waals surface area contributed by atoms with Crippen LogP contribution in [0.3, 0.4) is 0 Å². The summed E-state index contributed by atoms with van der Waals surface area (Å²) in [6.45, 7) is 2.26. The van der Waals surface area contributed by atoms with Crippen molar-refractivity contribution in [1.82, 2.24) is 5.32 Å². The molecule has 2 unspecified atom stereocenters. The number of hydrogen-bond acceptors (Lipinski definition) is 2. The van der Waals surface area contributed by atoms with Crippen LogP contribution >= 0.6 is 0 Å². The third kappa shape index (κ3) is 2.41. The van der Waals surface area contributed by atoms with Gasteiger partial charge >= 0.3 is 0 Å². The van der Waals surface area contributed by atoms with Crippen molar-refractivity contribution in [3.05, 3.63) is 29.8 Å². The van der Waals surface area contributed by atoms with Gasteiger partial charge in [-0.2, -0.15) is 0 Å². The third-order valence-electron chi connectivity index (χ3n) is 5.08. The molecule has 2 saturated carbocycles. The second-order valence-electron chi connectivity index (χ2n) is 6.55. The average Bonchev–Trinajstić information content (AvgIpc) is 3.24. The Morgan fingerprint density at radius 1 is 1.20 bits per heavy atom. The van der Waals surface area contributed by atoms with Crippen molar-refractivity contribution in [2.45, 2.75) is 56.9 Å². The molecule has 0 aliphatic heterocycles. The first-order valence-electron chi connectivity index (χ1n) is 7.79. The van der Waals surface area contributed by atoms with E-state index in [4.69, 9.17) is 5.73 Å². The van der Waals surface area contributed by atoms with E-state index in [9.17, 15) is 4.79 Å². The molecule has 0 radical (unpaired) electrons. The number of carbonyl (C=O) groups excluding carboxylic acids is 1. The van der Waals surface area contributed by atoms with Gasteiger partial charge < -0.3 is 11.1 Å². The van der Waals surface area contributed by atoms with Gasteiger partial charge in [-0.3, -0.25) is 4.79 Å². The van der Waals surface area contributed by atoms with Crippen LogP contribution in [0.25, 0.3) is 0 Å². The Balaban J connectivity index is 1.71. The van der Waals surface area contributed by atoms with Crippen LogP contribution in [0.15, 0.2) is 24.3 Å². The van der Waals surface area contributed by atoms with Crippen LogP contribution in [0.4, 0.5) is 5.69 Å². The Morgan fingerprint density at radius 3 is 2.45 bits per heavy atom. The van der Waals surface area contributed by atoms with Crippen LogP contribution in [0.1, 0.15) is 51.0 Å². The highest BCUT2D eigenvalue weighted by Gasteiger charge is 2.51. The summed E-state index contributed by atoms with van der Waals surface area (Å²) in [5.41, 5.74) is 7.33. The van der Waals surface area contributed by atoms with Gasteiger partial charge in [0.25, 0.3) is 0 Å². The normalized spacial score (nSPS) is 27.9. The lowest BCUT2D eigenvalue weighted by atomic mass is 9.85. The molecule has 3 heteroatoms. The van der Waals surface area contributed by atoms with Crippen LogP contribution in [0.5, 0.6) is 0 Å². The molecule has 0 aromatic heterocycles. The number of anilines is 1. The van der Waals surface area contributed by atoms with Crippen LogP contribution < -0.4 is 11.1 Å². The minimum atomic E-state index is -0.273. The molecule has 1 amide bonds. The van der Waals surface area contributed by atoms with Crippen molar-refractivity contribution in [3.63, 3.8) is 0 Å². The molecule has 2 atom stereocenters. The number of amides is 1. The lowest BCUT2D eigenvalue weighted by molar-refractivity contribution is -0.124. The summed E-state index contributed by atoms with van der Waals surface area (Å²) in [5, 5.41) is 3.31. The second-order valence-corrected chi connectivity index (χ2v) is 6.55. The third-order valence-corrected chi connectivity index (χ3v) is 5.08. The Labute approximate surface area is 120 Å². The fourth-order valence-electron chi connectivity index (χ4n) is 3.41. The first-order chi connectivity index (χ1) is 9.62. The topological polar surface area (TPSA) is 55.1 Å². The molecule has 2 fully saturated rings. The van der Waals surface area contributed by atoms with Crippen molar-refractivity contribution in [3.8, 4) is 0 Å². The average molecular weight is 272 g/mol. The van der Waals surface area contributed by atoms with Gasteiger partial charge in [0.2, 0.25) is 5.91 Å². The Kier molecular flexibility index (Phi) is 3.45. The summed E-state index contributed by atoms with van der Waals surface area (Å²) in [6.07, 6.45) is 6.83. The molecule has 3 rings (SSSR count). The zero-order valence-corrected chi connectivity index (χ0v) is 12.2. The predicted octanol–water partition coefficient (Wildman–Crippen LogP) is 3.00. The maximum absolute atomic E-state index is 12.7. The van der Waals surface area contributed by atoms with E-state index in [0.717, 1.165) is 30.5 Å². The molecule has 0 saturated heterocycles. The van der Waals surface area contributed by atoms with E-state index >= 15 is 0 Å². The first-order valence-corrected chi connectivity index (χ1v) is 7.79. The van der Waals surface area contributed by atoms with Gasteiger partial charge in [-0.15, -0.1) is 0 Å². The Bertz CT molecular complexity index is 490. The molecule has 0 spiro atoms. The highest BCUT2D eigenvalue weighted by molar-refractivity contribution is 5.91. The second kappa shape index (κ2) is 5.12. The summed E-state index contributed by atoms with van der Waals surface area (Å²) < 4.78 is 0. The van der Waals surface area contributed by atoms with E-state index in [1.165, 1.54) is 19.3 Å². The largest absolute Gasteiger partial charge is 0.399 e. The molecule has 0 bridgehead atoms. The van der Waals surface area contributed by atoms with E-state index in [1.54, 1.807) is 0 Å². The Morgan fingerprint density at radius 2 is 1.85 bits per heavy atom. The monoisotopic (exact) mass is 272 g/mol. The van der Waals surface area contributed by atoms with Gasteiger partial charge in [-0.25, -0.2) is 0 Å². The summed E-state index contributed by atoms with van der Waals surface area (Å²) in [7, 11) is 0. The van der Waals surface area contributed by atoms with E-state index in [1.807, 2.05) is 24.3 Å². The smallest absolute Gasteiger partial charge is 0.230 e. The van der Waals surface area contributed by atoms with Gasteiger partial charge in [0, 0.05) is 11.7 Å². The minimum Gasteiger partial charge on any atom is -0.399 e. The fraction of sp³-hybridized carbons (Fsp3) is 0.588. The molecule has 1 aromatic rings. The molecule has 2 aliphatic carbocycles. The van der Waals surface area contributed by atoms with Gasteiger partial charge in [0.1, 0.15) is 0 Å². The number of hydrogen-bond donors (Lipinski definition) is 2. The van der Waals surface area contributed by atoms with E-state index in [-0.39, 0.29) is 11.3 Å². The number of nitrogen functional groups attached to an aromatic ring is 1. The maximum atomic E-state index is 12.7. The number of nitrogens with two attached hydrogens (primary N) is 1. The number of carbonyl (C=O) groups is 1. The molecular weight excluding hydrogens is 248 g/mol. The van der Waals surface area contributed by atoms with Gasteiger partial charge in [0.15, 0.2) is 0 Å². The van der Waals surface area contributed by atoms with E-state index in [2.05, 4.69) is 12.2 Å². The lowest BCUT2D eigenvalue weighted by Gasteiger charge is -2.31. The van der Waals surface area contributed by atoms with Crippen LogP contribution in [0.2, 0.25) is 0 Å². The molecular formula is C17H24N2O. The van der Waals surface area contributed by atoms with Crippen molar-refractivity contribution >= 4 is 11.6 Å². The predicted molar refractivity (Wildman–Crippen MR) is 81.3 cm³/mol. The molecule has 108 valence electrons. The van der Waals surface area contributed by atoms with Crippen molar-refractivity contribution in [2.75, 3.05) is 5.73 Å². The fourth-order valence-corrected chi connectivity index (χ4v) is 3.41. The number of rotatable bonds is 3. The number of nitrogens with one attached hydrogen (secondary N) is 1. The SMILES string of the molecule is CC1CCCCC1NC(=O)C1(c2ccc(N)cc2)CC1. The lowest BCUT2D eigenvalue weighted by Crippen LogP contribution is -2.45. The summed E-state index contributed by atoms with van der Waals surface area (Å²) in [5.74, 6) is 0.830. The van der Waals surface area contributed by atoms with Gasteiger partial charge in [0.05, 0.1) is 5.41 Å². The zero-order valence-electron chi connectivity index (χ0n) is 12.2. The minimum absolute atomic E-state index is 0.223. The summed E-state index contributed by atoms with van der Waals surface area (Å²) in [4.78, 5) is 12.7. The quantitative estimate of drug-likeness (QED) is 0.831. The highest BCUT2D eigenvalue weighted by atomic mass is 16.2. The number of benzene rings is 1. The van der Waals surface area contributed by atoms with E-state index < -0.39 is 0 Å². The standard InChI is InChI=1S/C17H24N2O/c1-12-4-2-3-5-15(12)19-16(20)17(10-11-17)13-6-8-14(18)9-7-13/h6-9,12,15H,2-5,10-11,18H2,1H3,(H,19,20). The van der Waals surface area contributed by atoms with Crippen LogP contribution in [0, 0.1) is 5.92 Å². The van der Waals surface area contributed by atoms with E-state index in [0.29, 0.717) is 12.0 Å². The molecule has 0 heterocycles. The van der Waals surface area contributed by atoms with Gasteiger partial charge in [-0.1, -0.05) is 31.9 Å². The molecule has 3 N–H and O–H groups in total. The highest BCUT2D eigenvalue weighted by Crippen LogP contribution is 2.48. The van der Waals surface area contributed by atoms with Crippen LogP contribution in [-0.2, 0) is 10.2 Å². The maximum Gasteiger partial charge on any atom is 0.230 e. The first kappa shape index (κ1) is 13.5. The van der Waals surface area contributed by atoms with Crippen molar-refractivity contribution in [2.24, 2.45) is 5.92 Å². The molecule has 2 aliphatic rings. The zero-order chi connectivity index (χ0) is 14.2. The van der Waals surface area contributed by atoms with Crippen LogP contribution in [-0.4, -0.2) is 11.9 Å². The van der Waals surface area contributed by atoms with Crippen molar-refractivity contribution < 1.29 is 4.79 Å². The molecule has 1 aromatic carbocycles. The molecule has 3 nitrogen and oxygen atoms in total. The Hall–Kier alpha value is -1.51. The summed E-state index contributed by atoms with van der Waals surface area (Å²) in [6, 6.07) is 8.17. The van der Waals surface area contributed by atoms with Gasteiger partial charge in [-0.05, 0) is 49.3 Å². The summed E-state index contributed by atoms with van der Waals surface area (Å²) >= 11 is 0. The molecule has 20 heavy (non-hydrogen) atoms.